The van der Waals surface area contributed by atoms with Crippen LogP contribution in [0.3, 0.4) is 0 Å². The Morgan fingerprint density at radius 3 is 2.70 bits per heavy atom. The summed E-state index contributed by atoms with van der Waals surface area (Å²) in [5, 5.41) is 22.6. The predicted octanol–water partition coefficient (Wildman–Crippen LogP) is 1.42. The van der Waals surface area contributed by atoms with Crippen LogP contribution >= 0.6 is 0 Å². The van der Waals surface area contributed by atoms with E-state index in [-0.39, 0.29) is 30.0 Å². The van der Waals surface area contributed by atoms with Crippen LogP contribution < -0.4 is 5.32 Å². The third kappa shape index (κ3) is 3.54. The number of carbonyl (C=O) groups is 1. The third-order valence-corrected chi connectivity index (χ3v) is 3.80. The molecule has 2 N–H and O–H groups in total. The molecule has 1 aromatic rings. The number of amides is 1. The van der Waals surface area contributed by atoms with Gasteiger partial charge in [0, 0.05) is 24.8 Å². The molecule has 1 aliphatic carbocycles. The maximum atomic E-state index is 11.9. The van der Waals surface area contributed by atoms with E-state index >= 15 is 0 Å². The van der Waals surface area contributed by atoms with Crippen LogP contribution in [0.5, 0.6) is 0 Å². The van der Waals surface area contributed by atoms with Crippen LogP contribution in [-0.4, -0.2) is 29.1 Å². The number of carbonyl (C=O) groups excluding carboxylic acids is 1. The van der Waals surface area contributed by atoms with E-state index in [1.807, 2.05) is 0 Å². The molecule has 0 aliphatic heterocycles. The lowest BCUT2D eigenvalue weighted by Gasteiger charge is -2.14. The van der Waals surface area contributed by atoms with Gasteiger partial charge >= 0.3 is 0 Å². The molecule has 1 amide bonds. The summed E-state index contributed by atoms with van der Waals surface area (Å²) in [6.07, 6.45) is 2.73. The lowest BCUT2D eigenvalue weighted by Crippen LogP contribution is -2.32. The highest BCUT2D eigenvalue weighted by Crippen LogP contribution is 2.47. The molecule has 108 valence electrons. The number of benzene rings is 1. The zero-order valence-corrected chi connectivity index (χ0v) is 11.2. The fraction of sp³-hybridized carbons (Fsp3) is 0.500. The topological polar surface area (TPSA) is 92.5 Å². The van der Waals surface area contributed by atoms with E-state index in [1.165, 1.54) is 6.07 Å². The van der Waals surface area contributed by atoms with E-state index in [0.29, 0.717) is 18.5 Å². The second-order valence-electron chi connectivity index (χ2n) is 5.31. The Bertz CT molecular complexity index is 512. The molecule has 0 atom stereocenters. The molecule has 0 spiro atoms. The molecule has 0 radical (unpaired) electrons. The van der Waals surface area contributed by atoms with Gasteiger partial charge in [-0.2, -0.15) is 0 Å². The van der Waals surface area contributed by atoms with E-state index in [1.54, 1.807) is 18.2 Å². The van der Waals surface area contributed by atoms with Crippen LogP contribution in [0.15, 0.2) is 24.3 Å². The van der Waals surface area contributed by atoms with Gasteiger partial charge in [-0.3, -0.25) is 14.9 Å². The molecule has 0 heterocycles. The van der Waals surface area contributed by atoms with Crippen molar-refractivity contribution in [3.8, 4) is 0 Å². The number of nitro benzene ring substituents is 1. The van der Waals surface area contributed by atoms with Gasteiger partial charge in [-0.05, 0) is 24.7 Å². The summed E-state index contributed by atoms with van der Waals surface area (Å²) in [6.45, 7) is 0.660. The first kappa shape index (κ1) is 14.5. The third-order valence-electron chi connectivity index (χ3n) is 3.80. The van der Waals surface area contributed by atoms with Gasteiger partial charge in [0.25, 0.3) is 5.69 Å². The maximum Gasteiger partial charge on any atom is 0.273 e. The molecule has 0 saturated heterocycles. The second-order valence-corrected chi connectivity index (χ2v) is 5.31. The van der Waals surface area contributed by atoms with Crippen molar-refractivity contribution in [1.29, 1.82) is 0 Å². The van der Waals surface area contributed by atoms with Gasteiger partial charge in [0.1, 0.15) is 0 Å². The number of nitrogens with zero attached hydrogens (tertiary/aromatic N) is 1. The van der Waals surface area contributed by atoms with Gasteiger partial charge in [0.05, 0.1) is 11.3 Å². The van der Waals surface area contributed by atoms with Crippen molar-refractivity contribution in [2.75, 3.05) is 13.2 Å². The average Bonchev–Trinajstić information content (AvgIpc) is 3.18. The smallest absolute Gasteiger partial charge is 0.273 e. The van der Waals surface area contributed by atoms with Gasteiger partial charge in [-0.1, -0.05) is 18.2 Å². The van der Waals surface area contributed by atoms with E-state index in [9.17, 15) is 14.9 Å². The largest absolute Gasteiger partial charge is 0.396 e. The van der Waals surface area contributed by atoms with Gasteiger partial charge < -0.3 is 10.4 Å². The maximum absolute atomic E-state index is 11.9. The van der Waals surface area contributed by atoms with Crippen LogP contribution in [0.2, 0.25) is 0 Å². The number of para-hydroxylation sites is 1. The lowest BCUT2D eigenvalue weighted by molar-refractivity contribution is -0.385. The normalized spacial score (nSPS) is 15.7. The van der Waals surface area contributed by atoms with E-state index < -0.39 is 4.92 Å². The van der Waals surface area contributed by atoms with Gasteiger partial charge in [0.15, 0.2) is 0 Å². The van der Waals surface area contributed by atoms with Crippen molar-refractivity contribution in [3.63, 3.8) is 0 Å². The highest BCUT2D eigenvalue weighted by Gasteiger charge is 2.41. The molecule has 1 fully saturated rings. The molecule has 6 nitrogen and oxygen atoms in total. The summed E-state index contributed by atoms with van der Waals surface area (Å²) in [7, 11) is 0. The zero-order chi connectivity index (χ0) is 14.6. The number of hydrogen-bond acceptors (Lipinski definition) is 4. The molecule has 20 heavy (non-hydrogen) atoms. The predicted molar refractivity (Wildman–Crippen MR) is 73.2 cm³/mol. The summed E-state index contributed by atoms with van der Waals surface area (Å²) >= 11 is 0. The number of aliphatic hydroxyl groups excluding tert-OH is 1. The number of hydrogen-bond donors (Lipinski definition) is 2. The molecule has 2 rings (SSSR count). The average molecular weight is 278 g/mol. The molecular formula is C14H18N2O4. The number of nitrogens with one attached hydrogen (secondary N) is 1. The quantitative estimate of drug-likeness (QED) is 0.582. The van der Waals surface area contributed by atoms with Crippen molar-refractivity contribution < 1.29 is 14.8 Å². The van der Waals surface area contributed by atoms with Crippen molar-refractivity contribution in [2.24, 2.45) is 5.41 Å². The Balaban J connectivity index is 1.90. The van der Waals surface area contributed by atoms with Crippen molar-refractivity contribution >= 4 is 11.6 Å². The fourth-order valence-electron chi connectivity index (χ4n) is 2.29. The van der Waals surface area contributed by atoms with Crippen LogP contribution in [0, 0.1) is 15.5 Å². The van der Waals surface area contributed by atoms with Gasteiger partial charge in [-0.15, -0.1) is 0 Å². The van der Waals surface area contributed by atoms with E-state index in [4.69, 9.17) is 5.11 Å². The minimum Gasteiger partial charge on any atom is -0.396 e. The van der Waals surface area contributed by atoms with E-state index in [2.05, 4.69) is 5.32 Å². The highest BCUT2D eigenvalue weighted by molar-refractivity contribution is 5.79. The first-order valence-corrected chi connectivity index (χ1v) is 6.66. The molecular weight excluding hydrogens is 260 g/mol. The molecule has 0 aromatic heterocycles. The molecule has 1 saturated carbocycles. The fourth-order valence-corrected chi connectivity index (χ4v) is 2.29. The van der Waals surface area contributed by atoms with E-state index in [0.717, 1.165) is 12.8 Å². The summed E-state index contributed by atoms with van der Waals surface area (Å²) in [6, 6.07) is 6.26. The van der Waals surface area contributed by atoms with Crippen LogP contribution in [0.4, 0.5) is 5.69 Å². The first-order chi connectivity index (χ1) is 9.56. The minimum atomic E-state index is -0.475. The monoisotopic (exact) mass is 278 g/mol. The van der Waals surface area contributed by atoms with Crippen molar-refractivity contribution in [2.45, 2.75) is 25.7 Å². The van der Waals surface area contributed by atoms with Crippen LogP contribution in [-0.2, 0) is 11.2 Å². The number of aliphatic hydroxyl groups is 1. The molecule has 0 bridgehead atoms. The minimum absolute atomic E-state index is 0.00631. The van der Waals surface area contributed by atoms with Crippen molar-refractivity contribution in [3.05, 3.63) is 39.9 Å². The second kappa shape index (κ2) is 6.00. The zero-order valence-electron chi connectivity index (χ0n) is 11.2. The molecule has 0 unspecified atom stereocenters. The Morgan fingerprint density at radius 2 is 2.10 bits per heavy atom. The van der Waals surface area contributed by atoms with Gasteiger partial charge in [0.2, 0.25) is 5.91 Å². The summed E-state index contributed by atoms with van der Waals surface area (Å²) in [4.78, 5) is 22.3. The summed E-state index contributed by atoms with van der Waals surface area (Å²) in [5.74, 6) is -0.219. The molecule has 1 aromatic carbocycles. The van der Waals surface area contributed by atoms with Crippen molar-refractivity contribution in [1.82, 2.24) is 5.32 Å². The standard InChI is InChI=1S/C14H18N2O4/c17-8-7-14(5-6-14)10-15-13(18)9-11-3-1-2-4-12(11)16(19)20/h1-4,17H,5-10H2,(H,15,18). The number of nitro groups is 1. The first-order valence-electron chi connectivity index (χ1n) is 6.66. The Kier molecular flexibility index (Phi) is 4.34. The number of rotatable bonds is 7. The Labute approximate surface area is 117 Å². The molecule has 1 aliphatic rings. The van der Waals surface area contributed by atoms with Gasteiger partial charge in [-0.25, -0.2) is 0 Å². The van der Waals surface area contributed by atoms with Crippen LogP contribution in [0.1, 0.15) is 24.8 Å². The lowest BCUT2D eigenvalue weighted by atomic mass is 10.0. The Morgan fingerprint density at radius 1 is 1.40 bits per heavy atom. The Hall–Kier alpha value is -1.95. The summed E-state index contributed by atoms with van der Waals surface area (Å²) in [5.41, 5.74) is 0.439. The highest BCUT2D eigenvalue weighted by atomic mass is 16.6. The summed E-state index contributed by atoms with van der Waals surface area (Å²) < 4.78 is 0. The SMILES string of the molecule is O=C(Cc1ccccc1[N+](=O)[O-])NCC1(CCO)CC1. The van der Waals surface area contributed by atoms with Crippen LogP contribution in [0.25, 0.3) is 0 Å². The molecule has 6 heteroatoms.